The summed E-state index contributed by atoms with van der Waals surface area (Å²) in [6.45, 7) is 3.07. The highest BCUT2D eigenvalue weighted by molar-refractivity contribution is 5.71. The lowest BCUT2D eigenvalue weighted by atomic mass is 10.0. The summed E-state index contributed by atoms with van der Waals surface area (Å²) in [5, 5.41) is 0. The van der Waals surface area contributed by atoms with Crippen molar-refractivity contribution in [2.75, 3.05) is 26.4 Å². The van der Waals surface area contributed by atoms with Gasteiger partial charge in [0.2, 0.25) is 0 Å². The lowest BCUT2D eigenvalue weighted by molar-refractivity contribution is -0.147. The summed E-state index contributed by atoms with van der Waals surface area (Å²) in [6, 6.07) is 17.9. The quantitative estimate of drug-likeness (QED) is 0.526. The number of hydrogen-bond donors (Lipinski definition) is 0. The maximum atomic E-state index is 11.6. The van der Waals surface area contributed by atoms with Gasteiger partial charge in [0.1, 0.15) is 12.4 Å². The summed E-state index contributed by atoms with van der Waals surface area (Å²) in [6.07, 6.45) is 0.760. The lowest BCUT2D eigenvalue weighted by Crippen LogP contribution is -2.18. The van der Waals surface area contributed by atoms with Crippen molar-refractivity contribution in [3.05, 3.63) is 65.7 Å². The molecule has 0 saturated heterocycles. The average Bonchev–Trinajstić information content (AvgIpc) is 2.59. The molecule has 122 valence electrons. The van der Waals surface area contributed by atoms with E-state index in [1.807, 2.05) is 49.4 Å². The Bertz CT molecular complexity index is 595. The van der Waals surface area contributed by atoms with E-state index in [0.717, 1.165) is 12.0 Å². The molecule has 0 aliphatic carbocycles. The molecule has 0 amide bonds. The minimum absolute atomic E-state index is 0.0993. The van der Waals surface area contributed by atoms with Gasteiger partial charge in [-0.25, -0.2) is 4.79 Å². The normalized spacial score (nSPS) is 10.3. The van der Waals surface area contributed by atoms with E-state index in [-0.39, 0.29) is 19.2 Å². The van der Waals surface area contributed by atoms with E-state index in [0.29, 0.717) is 19.0 Å². The van der Waals surface area contributed by atoms with Crippen LogP contribution in [0, 0.1) is 0 Å². The number of carbonyl (C=O) groups is 1. The van der Waals surface area contributed by atoms with Crippen LogP contribution in [0.3, 0.4) is 0 Å². The highest BCUT2D eigenvalue weighted by atomic mass is 16.6. The van der Waals surface area contributed by atoms with Crippen molar-refractivity contribution < 1.29 is 19.0 Å². The van der Waals surface area contributed by atoms with Crippen molar-refractivity contribution >= 4 is 5.97 Å². The molecule has 0 aromatic heterocycles. The van der Waals surface area contributed by atoms with Gasteiger partial charge in [-0.3, -0.25) is 0 Å². The second kappa shape index (κ2) is 9.64. The van der Waals surface area contributed by atoms with E-state index >= 15 is 0 Å². The van der Waals surface area contributed by atoms with Crippen LogP contribution < -0.4 is 4.74 Å². The lowest BCUT2D eigenvalue weighted by Gasteiger charge is -2.11. The smallest absolute Gasteiger partial charge is 0.344 e. The predicted octanol–water partition coefficient (Wildman–Crippen LogP) is 3.24. The van der Waals surface area contributed by atoms with Gasteiger partial charge >= 0.3 is 5.97 Å². The molecule has 0 bridgehead atoms. The van der Waals surface area contributed by atoms with Crippen LogP contribution in [0.5, 0.6) is 5.75 Å². The zero-order valence-corrected chi connectivity index (χ0v) is 13.4. The second-order valence-electron chi connectivity index (χ2n) is 4.98. The summed E-state index contributed by atoms with van der Waals surface area (Å²) in [5.41, 5.74) is 2.24. The van der Waals surface area contributed by atoms with E-state index in [1.165, 1.54) is 5.56 Å². The third kappa shape index (κ3) is 6.12. The first kappa shape index (κ1) is 17.0. The zero-order chi connectivity index (χ0) is 16.3. The Morgan fingerprint density at radius 2 is 1.70 bits per heavy atom. The third-order valence-electron chi connectivity index (χ3n) is 3.25. The fraction of sp³-hybridized carbons (Fsp3) is 0.316. The molecule has 23 heavy (non-hydrogen) atoms. The number of esters is 1. The molecule has 0 fully saturated rings. The molecule has 0 radical (unpaired) electrons. The van der Waals surface area contributed by atoms with Crippen LogP contribution in [0.25, 0.3) is 0 Å². The molecule has 0 N–H and O–H groups in total. The second-order valence-corrected chi connectivity index (χ2v) is 4.98. The highest BCUT2D eigenvalue weighted by Crippen LogP contribution is 2.21. The summed E-state index contributed by atoms with van der Waals surface area (Å²) in [5.74, 6) is 0.317. The van der Waals surface area contributed by atoms with Crippen LogP contribution >= 0.6 is 0 Å². The Balaban J connectivity index is 1.86. The fourth-order valence-corrected chi connectivity index (χ4v) is 2.14. The molecular weight excluding hydrogens is 292 g/mol. The minimum atomic E-state index is -0.390. The number of rotatable bonds is 9. The first-order valence-corrected chi connectivity index (χ1v) is 7.77. The van der Waals surface area contributed by atoms with E-state index in [2.05, 4.69) is 12.1 Å². The van der Waals surface area contributed by atoms with Crippen molar-refractivity contribution in [2.45, 2.75) is 13.3 Å². The number of hydrogen-bond acceptors (Lipinski definition) is 4. The summed E-state index contributed by atoms with van der Waals surface area (Å²) in [4.78, 5) is 11.6. The number of carbonyl (C=O) groups excluding carboxylic acids is 1. The summed E-state index contributed by atoms with van der Waals surface area (Å²) in [7, 11) is 0. The largest absolute Gasteiger partial charge is 0.482 e. The number of ether oxygens (including phenoxy) is 3. The first-order valence-electron chi connectivity index (χ1n) is 7.77. The van der Waals surface area contributed by atoms with Gasteiger partial charge in [0.25, 0.3) is 0 Å². The maximum Gasteiger partial charge on any atom is 0.344 e. The fourth-order valence-electron chi connectivity index (χ4n) is 2.14. The molecule has 2 aromatic carbocycles. The van der Waals surface area contributed by atoms with Gasteiger partial charge in [0, 0.05) is 13.0 Å². The molecule has 0 spiro atoms. The van der Waals surface area contributed by atoms with Crippen molar-refractivity contribution in [3.63, 3.8) is 0 Å². The van der Waals surface area contributed by atoms with Crippen LogP contribution in [0.15, 0.2) is 54.6 Å². The van der Waals surface area contributed by atoms with E-state index in [1.54, 1.807) is 0 Å². The summed E-state index contributed by atoms with van der Waals surface area (Å²) < 4.78 is 15.8. The summed E-state index contributed by atoms with van der Waals surface area (Å²) >= 11 is 0. The Morgan fingerprint density at radius 1 is 0.957 bits per heavy atom. The van der Waals surface area contributed by atoms with Crippen LogP contribution in [-0.4, -0.2) is 32.4 Å². The van der Waals surface area contributed by atoms with Crippen molar-refractivity contribution in [2.24, 2.45) is 0 Å². The molecule has 0 unspecified atom stereocenters. The Kier molecular flexibility index (Phi) is 7.14. The van der Waals surface area contributed by atoms with Crippen molar-refractivity contribution in [1.29, 1.82) is 0 Å². The molecule has 2 rings (SSSR count). The van der Waals surface area contributed by atoms with Gasteiger partial charge < -0.3 is 14.2 Å². The molecule has 4 heteroatoms. The monoisotopic (exact) mass is 314 g/mol. The molecular formula is C19H22O4. The number of benzene rings is 2. The van der Waals surface area contributed by atoms with Gasteiger partial charge in [-0.1, -0.05) is 48.5 Å². The Hall–Kier alpha value is -2.33. The molecule has 0 heterocycles. The maximum absolute atomic E-state index is 11.6. The van der Waals surface area contributed by atoms with Crippen LogP contribution in [-0.2, 0) is 20.7 Å². The van der Waals surface area contributed by atoms with Gasteiger partial charge in [0.15, 0.2) is 6.61 Å². The van der Waals surface area contributed by atoms with Gasteiger partial charge in [0.05, 0.1) is 6.61 Å². The van der Waals surface area contributed by atoms with E-state index in [9.17, 15) is 4.79 Å². The molecule has 0 saturated carbocycles. The Labute approximate surface area is 137 Å². The van der Waals surface area contributed by atoms with Crippen LogP contribution in [0.1, 0.15) is 18.1 Å². The van der Waals surface area contributed by atoms with Crippen molar-refractivity contribution in [1.82, 2.24) is 0 Å². The van der Waals surface area contributed by atoms with Crippen LogP contribution in [0.4, 0.5) is 0 Å². The average molecular weight is 314 g/mol. The SMILES string of the molecule is CCOCCOC(=O)COc1ccccc1Cc1ccccc1. The molecule has 0 aliphatic rings. The highest BCUT2D eigenvalue weighted by Gasteiger charge is 2.08. The predicted molar refractivity (Wildman–Crippen MR) is 88.6 cm³/mol. The van der Waals surface area contributed by atoms with E-state index < -0.39 is 0 Å². The first-order chi connectivity index (χ1) is 11.3. The van der Waals surface area contributed by atoms with E-state index in [4.69, 9.17) is 14.2 Å². The van der Waals surface area contributed by atoms with Gasteiger partial charge in [-0.15, -0.1) is 0 Å². The minimum Gasteiger partial charge on any atom is -0.482 e. The standard InChI is InChI=1S/C19H22O4/c1-2-21-12-13-22-19(20)15-23-18-11-7-6-10-17(18)14-16-8-4-3-5-9-16/h3-11H,2,12-15H2,1H3. The zero-order valence-electron chi connectivity index (χ0n) is 13.4. The van der Waals surface area contributed by atoms with Gasteiger partial charge in [-0.2, -0.15) is 0 Å². The van der Waals surface area contributed by atoms with Crippen LogP contribution in [0.2, 0.25) is 0 Å². The third-order valence-corrected chi connectivity index (χ3v) is 3.25. The Morgan fingerprint density at radius 3 is 2.48 bits per heavy atom. The molecule has 0 atom stereocenters. The molecule has 0 aliphatic heterocycles. The topological polar surface area (TPSA) is 44.8 Å². The number of para-hydroxylation sites is 1. The molecule has 4 nitrogen and oxygen atoms in total. The molecule has 2 aromatic rings. The van der Waals surface area contributed by atoms with Crippen molar-refractivity contribution in [3.8, 4) is 5.75 Å². The van der Waals surface area contributed by atoms with Gasteiger partial charge in [-0.05, 0) is 24.1 Å².